The number of benzene rings is 2. The molecule has 4 rings (SSSR count). The van der Waals surface area contributed by atoms with Crippen LogP contribution in [0.4, 0.5) is 5.82 Å². The van der Waals surface area contributed by atoms with E-state index in [1.54, 1.807) is 47.3 Å². The highest BCUT2D eigenvalue weighted by atomic mass is 79.9. The van der Waals surface area contributed by atoms with Crippen molar-refractivity contribution in [1.82, 2.24) is 9.78 Å². The van der Waals surface area contributed by atoms with Crippen LogP contribution in [0, 0.1) is 0 Å². The van der Waals surface area contributed by atoms with Gasteiger partial charge in [-0.15, -0.1) is 0 Å². The third-order valence-corrected chi connectivity index (χ3v) is 5.49. The molecule has 31 heavy (non-hydrogen) atoms. The van der Waals surface area contributed by atoms with E-state index < -0.39 is 5.91 Å². The van der Waals surface area contributed by atoms with Gasteiger partial charge in [0.15, 0.2) is 11.6 Å². The maximum atomic E-state index is 12.6. The van der Waals surface area contributed by atoms with Crippen LogP contribution >= 0.6 is 39.1 Å². The molecular formula is C22H16BrCl2N3O3. The monoisotopic (exact) mass is 519 g/mol. The quantitative estimate of drug-likeness (QED) is 0.305. The van der Waals surface area contributed by atoms with Crippen molar-refractivity contribution in [2.75, 3.05) is 5.32 Å². The molecule has 2 aromatic heterocycles. The van der Waals surface area contributed by atoms with Gasteiger partial charge in [0.05, 0.1) is 11.0 Å². The molecule has 1 amide bonds. The predicted octanol–water partition coefficient (Wildman–Crippen LogP) is 6.43. The van der Waals surface area contributed by atoms with Gasteiger partial charge < -0.3 is 14.5 Å². The summed E-state index contributed by atoms with van der Waals surface area (Å²) in [4.78, 5) is 12.6. The molecule has 4 aromatic rings. The average Bonchev–Trinajstić information content (AvgIpc) is 3.35. The molecule has 0 atom stereocenters. The number of furan rings is 1. The van der Waals surface area contributed by atoms with Gasteiger partial charge in [-0.1, -0.05) is 47.5 Å². The van der Waals surface area contributed by atoms with Crippen LogP contribution in [0.2, 0.25) is 10.0 Å². The highest BCUT2D eigenvalue weighted by molar-refractivity contribution is 9.10. The van der Waals surface area contributed by atoms with Crippen molar-refractivity contribution in [1.29, 1.82) is 0 Å². The molecule has 0 radical (unpaired) electrons. The molecule has 0 saturated heterocycles. The molecule has 1 N–H and O–H groups in total. The van der Waals surface area contributed by atoms with Crippen molar-refractivity contribution < 1.29 is 13.9 Å². The number of nitrogens with one attached hydrogen (secondary N) is 1. The molecule has 0 bridgehead atoms. The molecule has 6 nitrogen and oxygen atoms in total. The Morgan fingerprint density at radius 1 is 1.13 bits per heavy atom. The Kier molecular flexibility index (Phi) is 6.65. The van der Waals surface area contributed by atoms with Crippen LogP contribution in [0.5, 0.6) is 5.75 Å². The molecule has 2 heterocycles. The Labute approximate surface area is 196 Å². The van der Waals surface area contributed by atoms with Crippen LogP contribution in [0.15, 0.2) is 75.8 Å². The van der Waals surface area contributed by atoms with Crippen LogP contribution in [-0.4, -0.2) is 15.7 Å². The summed E-state index contributed by atoms with van der Waals surface area (Å²) in [5.74, 6) is 1.23. The van der Waals surface area contributed by atoms with E-state index in [2.05, 4.69) is 26.3 Å². The topological polar surface area (TPSA) is 69.3 Å². The van der Waals surface area contributed by atoms with Crippen molar-refractivity contribution in [3.8, 4) is 5.75 Å². The van der Waals surface area contributed by atoms with E-state index in [1.807, 2.05) is 24.3 Å². The summed E-state index contributed by atoms with van der Waals surface area (Å²) in [7, 11) is 0. The van der Waals surface area contributed by atoms with Crippen molar-refractivity contribution in [2.24, 2.45) is 0 Å². The number of nitrogens with zero attached hydrogens (tertiary/aromatic N) is 2. The van der Waals surface area contributed by atoms with Crippen LogP contribution in [0.25, 0.3) is 0 Å². The molecule has 0 aliphatic rings. The molecule has 0 aliphatic carbocycles. The first-order chi connectivity index (χ1) is 15.0. The summed E-state index contributed by atoms with van der Waals surface area (Å²) in [5, 5.41) is 8.38. The summed E-state index contributed by atoms with van der Waals surface area (Å²) in [6.45, 7) is 0.643. The van der Waals surface area contributed by atoms with Gasteiger partial charge in [0.25, 0.3) is 5.91 Å². The number of carbonyl (C=O) groups excluding carboxylic acids is 1. The van der Waals surface area contributed by atoms with Gasteiger partial charge in [-0.2, -0.15) is 5.10 Å². The summed E-state index contributed by atoms with van der Waals surface area (Å²) in [6, 6.07) is 17.8. The Bertz CT molecular complexity index is 1220. The number of halogens is 3. The van der Waals surface area contributed by atoms with Gasteiger partial charge >= 0.3 is 0 Å². The number of amides is 1. The second kappa shape index (κ2) is 9.60. The predicted molar refractivity (Wildman–Crippen MR) is 123 cm³/mol. The van der Waals surface area contributed by atoms with Crippen LogP contribution in [0.3, 0.4) is 0 Å². The minimum Gasteiger partial charge on any atom is -0.486 e. The van der Waals surface area contributed by atoms with E-state index in [-0.39, 0.29) is 12.4 Å². The first-order valence-corrected chi connectivity index (χ1v) is 10.8. The average molecular weight is 521 g/mol. The third-order valence-electron chi connectivity index (χ3n) is 4.30. The second-order valence-corrected chi connectivity index (χ2v) is 8.28. The van der Waals surface area contributed by atoms with Crippen molar-refractivity contribution in [3.05, 3.63) is 98.5 Å². The highest BCUT2D eigenvalue weighted by Crippen LogP contribution is 2.24. The fourth-order valence-corrected chi connectivity index (χ4v) is 3.61. The standard InChI is InChI=1S/C22H16BrCl2N3O3/c23-18-12-28(11-14-4-1-2-7-19(14)25)27-21(18)26-22(29)20-9-8-17(31-20)13-30-16-6-3-5-15(24)10-16/h1-10,12H,11,13H2,(H,26,27,29). The van der Waals surface area contributed by atoms with Gasteiger partial charge in [0.2, 0.25) is 0 Å². The summed E-state index contributed by atoms with van der Waals surface area (Å²) < 4.78 is 13.5. The molecule has 0 saturated carbocycles. The van der Waals surface area contributed by atoms with Crippen LogP contribution in [0.1, 0.15) is 21.9 Å². The molecule has 9 heteroatoms. The maximum Gasteiger partial charge on any atom is 0.292 e. The van der Waals surface area contributed by atoms with E-state index in [0.717, 1.165) is 5.56 Å². The lowest BCUT2D eigenvalue weighted by molar-refractivity contribution is 0.0992. The zero-order valence-corrected chi connectivity index (χ0v) is 19.1. The molecular weight excluding hydrogens is 505 g/mol. The fourth-order valence-electron chi connectivity index (χ4n) is 2.82. The van der Waals surface area contributed by atoms with E-state index in [4.69, 9.17) is 32.4 Å². The maximum absolute atomic E-state index is 12.6. The zero-order chi connectivity index (χ0) is 21.8. The second-order valence-electron chi connectivity index (χ2n) is 6.58. The van der Waals surface area contributed by atoms with E-state index in [9.17, 15) is 4.79 Å². The number of ether oxygens (including phenoxy) is 1. The van der Waals surface area contributed by atoms with Gasteiger partial charge in [-0.05, 0) is 57.9 Å². The number of aromatic nitrogens is 2. The third kappa shape index (κ3) is 5.50. The van der Waals surface area contributed by atoms with Gasteiger partial charge in [0, 0.05) is 16.2 Å². The highest BCUT2D eigenvalue weighted by Gasteiger charge is 2.16. The number of hydrogen-bond donors (Lipinski definition) is 1. The van der Waals surface area contributed by atoms with Crippen molar-refractivity contribution in [3.63, 3.8) is 0 Å². The van der Waals surface area contributed by atoms with Gasteiger partial charge in [-0.3, -0.25) is 9.48 Å². The lowest BCUT2D eigenvalue weighted by Crippen LogP contribution is -2.12. The van der Waals surface area contributed by atoms with Gasteiger partial charge in [-0.25, -0.2) is 0 Å². The summed E-state index contributed by atoms with van der Waals surface area (Å²) >= 11 is 15.6. The summed E-state index contributed by atoms with van der Waals surface area (Å²) in [5.41, 5.74) is 0.924. The molecule has 2 aromatic carbocycles. The molecule has 0 aliphatic heterocycles. The molecule has 158 valence electrons. The normalized spacial score (nSPS) is 10.8. The van der Waals surface area contributed by atoms with E-state index >= 15 is 0 Å². The first-order valence-electron chi connectivity index (χ1n) is 9.23. The van der Waals surface area contributed by atoms with Crippen LogP contribution in [-0.2, 0) is 13.2 Å². The van der Waals surface area contributed by atoms with Crippen molar-refractivity contribution >= 4 is 50.9 Å². The number of rotatable bonds is 7. The molecule has 0 unspecified atom stereocenters. The first kappa shape index (κ1) is 21.5. The van der Waals surface area contributed by atoms with E-state index in [0.29, 0.717) is 38.4 Å². The lowest BCUT2D eigenvalue weighted by Gasteiger charge is -2.04. The minimum atomic E-state index is -0.419. The van der Waals surface area contributed by atoms with Gasteiger partial charge in [0.1, 0.15) is 18.1 Å². The number of hydrogen-bond acceptors (Lipinski definition) is 4. The number of anilines is 1. The molecule has 0 spiro atoms. The summed E-state index contributed by atoms with van der Waals surface area (Å²) in [6.07, 6.45) is 1.77. The fraction of sp³-hybridized carbons (Fsp3) is 0.0909. The van der Waals surface area contributed by atoms with Crippen LogP contribution < -0.4 is 10.1 Å². The smallest absolute Gasteiger partial charge is 0.292 e. The largest absolute Gasteiger partial charge is 0.486 e. The van der Waals surface area contributed by atoms with Crippen molar-refractivity contribution in [2.45, 2.75) is 13.2 Å². The molecule has 0 fully saturated rings. The van der Waals surface area contributed by atoms with E-state index in [1.165, 1.54) is 0 Å². The Balaban J connectivity index is 1.38. The lowest BCUT2D eigenvalue weighted by atomic mass is 10.2. The SMILES string of the molecule is O=C(Nc1nn(Cc2ccccc2Cl)cc1Br)c1ccc(COc2cccc(Cl)c2)o1. The minimum absolute atomic E-state index is 0.150. The number of carbonyl (C=O) groups is 1. The Hall–Kier alpha value is -2.74. The Morgan fingerprint density at radius 2 is 1.97 bits per heavy atom. The Morgan fingerprint density at radius 3 is 2.77 bits per heavy atom. The zero-order valence-electron chi connectivity index (χ0n) is 16.0.